The zero-order valence-corrected chi connectivity index (χ0v) is 21.1. The zero-order valence-electron chi connectivity index (χ0n) is 20.3. The maximum Gasteiger partial charge on any atom is 0.257 e. The first-order valence-corrected chi connectivity index (χ1v) is 13.8. The SMILES string of the molecule is CCN(Cc1cnc(S(=O)(=O)Cc2cccc(C)c2)n1C1CCCCC1)C(=O)c1ccccc1F. The predicted octanol–water partition coefficient (Wildman–Crippen LogP) is 5.47. The first kappa shape index (κ1) is 25.1. The molecule has 2 aromatic carbocycles. The number of sulfone groups is 1. The van der Waals surface area contributed by atoms with Crippen LogP contribution in [-0.4, -0.2) is 35.3 Å². The number of halogens is 1. The highest BCUT2D eigenvalue weighted by Crippen LogP contribution is 2.33. The van der Waals surface area contributed by atoms with Crippen molar-refractivity contribution in [3.8, 4) is 0 Å². The Labute approximate surface area is 206 Å². The molecule has 3 aromatic rings. The van der Waals surface area contributed by atoms with Crippen molar-refractivity contribution in [1.82, 2.24) is 14.5 Å². The molecule has 1 saturated carbocycles. The van der Waals surface area contributed by atoms with Crippen molar-refractivity contribution in [2.75, 3.05) is 6.54 Å². The standard InChI is InChI=1S/C27H32FN3O3S/c1-3-30(26(32)24-14-7-8-15-25(24)28)18-23-17-29-27(31(23)22-12-5-4-6-13-22)35(33,34)19-21-11-9-10-20(2)16-21/h7-11,14-17,22H,3-6,12-13,18-19H2,1-2H3. The summed E-state index contributed by atoms with van der Waals surface area (Å²) in [5, 5.41) is 0.0512. The summed E-state index contributed by atoms with van der Waals surface area (Å²) >= 11 is 0. The van der Waals surface area contributed by atoms with E-state index in [-0.39, 0.29) is 29.1 Å². The van der Waals surface area contributed by atoms with E-state index >= 15 is 0 Å². The van der Waals surface area contributed by atoms with E-state index in [0.717, 1.165) is 43.2 Å². The second-order valence-corrected chi connectivity index (χ2v) is 11.1. The van der Waals surface area contributed by atoms with Crippen LogP contribution in [0.5, 0.6) is 0 Å². The van der Waals surface area contributed by atoms with Crippen LogP contribution in [0.1, 0.15) is 72.2 Å². The first-order valence-electron chi connectivity index (χ1n) is 12.2. The maximum absolute atomic E-state index is 14.3. The van der Waals surface area contributed by atoms with Crippen molar-refractivity contribution >= 4 is 15.7 Å². The van der Waals surface area contributed by atoms with Gasteiger partial charge in [-0.3, -0.25) is 4.79 Å². The topological polar surface area (TPSA) is 72.3 Å². The fourth-order valence-electron chi connectivity index (χ4n) is 4.87. The third-order valence-electron chi connectivity index (χ3n) is 6.62. The Morgan fingerprint density at radius 2 is 1.86 bits per heavy atom. The number of imidazole rings is 1. The summed E-state index contributed by atoms with van der Waals surface area (Å²) in [7, 11) is -3.72. The summed E-state index contributed by atoms with van der Waals surface area (Å²) in [6.45, 7) is 4.28. The van der Waals surface area contributed by atoms with Crippen LogP contribution >= 0.6 is 0 Å². The van der Waals surface area contributed by atoms with Gasteiger partial charge in [-0.05, 0) is 44.4 Å². The van der Waals surface area contributed by atoms with Gasteiger partial charge in [-0.2, -0.15) is 0 Å². The summed E-state index contributed by atoms with van der Waals surface area (Å²) in [6, 6.07) is 13.4. The minimum Gasteiger partial charge on any atom is -0.333 e. The van der Waals surface area contributed by atoms with Crippen molar-refractivity contribution in [2.45, 2.75) is 69.4 Å². The van der Waals surface area contributed by atoms with Crippen molar-refractivity contribution in [3.05, 3.63) is 82.9 Å². The summed E-state index contributed by atoms with van der Waals surface area (Å²) in [5.41, 5.74) is 2.38. The average molecular weight is 498 g/mol. The summed E-state index contributed by atoms with van der Waals surface area (Å²) in [6.07, 6.45) is 6.46. The van der Waals surface area contributed by atoms with Crippen LogP contribution in [0.3, 0.4) is 0 Å². The number of nitrogens with zero attached hydrogens (tertiary/aromatic N) is 3. The Morgan fingerprint density at radius 3 is 2.54 bits per heavy atom. The molecule has 1 fully saturated rings. The van der Waals surface area contributed by atoms with Gasteiger partial charge in [0.1, 0.15) is 5.82 Å². The van der Waals surface area contributed by atoms with Gasteiger partial charge in [0.25, 0.3) is 5.91 Å². The fourth-order valence-corrected chi connectivity index (χ4v) is 6.39. The zero-order chi connectivity index (χ0) is 25.0. The van der Waals surface area contributed by atoms with Gasteiger partial charge < -0.3 is 9.47 Å². The molecule has 0 saturated heterocycles. The van der Waals surface area contributed by atoms with Gasteiger partial charge >= 0.3 is 0 Å². The number of carbonyl (C=O) groups is 1. The van der Waals surface area contributed by atoms with Crippen LogP contribution in [0.2, 0.25) is 0 Å². The van der Waals surface area contributed by atoms with Crippen molar-refractivity contribution in [2.24, 2.45) is 0 Å². The van der Waals surface area contributed by atoms with Gasteiger partial charge in [0.05, 0.1) is 29.8 Å². The van der Waals surface area contributed by atoms with E-state index in [2.05, 4.69) is 4.98 Å². The van der Waals surface area contributed by atoms with E-state index in [0.29, 0.717) is 12.2 Å². The molecule has 1 heterocycles. The molecular formula is C27H32FN3O3S. The normalized spacial score (nSPS) is 14.7. The van der Waals surface area contributed by atoms with Crippen LogP contribution in [-0.2, 0) is 22.1 Å². The van der Waals surface area contributed by atoms with E-state index in [1.54, 1.807) is 18.3 Å². The van der Waals surface area contributed by atoms with E-state index < -0.39 is 21.6 Å². The predicted molar refractivity (Wildman–Crippen MR) is 133 cm³/mol. The van der Waals surface area contributed by atoms with Crippen molar-refractivity contribution < 1.29 is 17.6 Å². The number of aromatic nitrogens is 2. The molecule has 6 nitrogen and oxygen atoms in total. The van der Waals surface area contributed by atoms with Crippen molar-refractivity contribution in [1.29, 1.82) is 0 Å². The lowest BCUT2D eigenvalue weighted by atomic mass is 9.95. The lowest BCUT2D eigenvalue weighted by Gasteiger charge is -2.28. The number of rotatable bonds is 8. The third kappa shape index (κ3) is 5.64. The highest BCUT2D eigenvalue weighted by molar-refractivity contribution is 7.90. The lowest BCUT2D eigenvalue weighted by molar-refractivity contribution is 0.0742. The second kappa shape index (κ2) is 10.7. The smallest absolute Gasteiger partial charge is 0.257 e. The van der Waals surface area contributed by atoms with E-state index in [4.69, 9.17) is 0 Å². The molecule has 1 aliphatic carbocycles. The molecule has 1 aromatic heterocycles. The molecule has 8 heteroatoms. The summed E-state index contributed by atoms with van der Waals surface area (Å²) in [4.78, 5) is 19.0. The van der Waals surface area contributed by atoms with Crippen LogP contribution in [0.4, 0.5) is 4.39 Å². The monoisotopic (exact) mass is 497 g/mol. The van der Waals surface area contributed by atoms with Crippen LogP contribution < -0.4 is 0 Å². The maximum atomic E-state index is 14.3. The Hall–Kier alpha value is -3.00. The molecule has 0 bridgehead atoms. The molecule has 0 N–H and O–H groups in total. The number of hydrogen-bond acceptors (Lipinski definition) is 4. The molecule has 0 unspecified atom stereocenters. The number of amides is 1. The highest BCUT2D eigenvalue weighted by Gasteiger charge is 2.30. The van der Waals surface area contributed by atoms with E-state index in [1.807, 2.05) is 42.7 Å². The molecule has 0 spiro atoms. The molecule has 35 heavy (non-hydrogen) atoms. The number of carbonyl (C=O) groups excluding carboxylic acids is 1. The molecule has 186 valence electrons. The van der Waals surface area contributed by atoms with Crippen molar-refractivity contribution in [3.63, 3.8) is 0 Å². The van der Waals surface area contributed by atoms with Gasteiger partial charge in [0.2, 0.25) is 15.0 Å². The Balaban J connectivity index is 1.69. The first-order chi connectivity index (χ1) is 16.8. The fraction of sp³-hybridized carbons (Fsp3) is 0.407. The number of benzene rings is 2. The Kier molecular flexibility index (Phi) is 7.69. The minimum absolute atomic E-state index is 0.00498. The summed E-state index contributed by atoms with van der Waals surface area (Å²) < 4.78 is 43.2. The number of hydrogen-bond donors (Lipinski definition) is 0. The lowest BCUT2D eigenvalue weighted by Crippen LogP contribution is -2.32. The van der Waals surface area contributed by atoms with Gasteiger partial charge in [0, 0.05) is 12.6 Å². The van der Waals surface area contributed by atoms with Crippen LogP contribution in [0, 0.1) is 12.7 Å². The molecular weight excluding hydrogens is 465 g/mol. The Morgan fingerprint density at radius 1 is 1.11 bits per heavy atom. The second-order valence-electron chi connectivity index (χ2n) is 9.24. The Bertz CT molecular complexity index is 1300. The average Bonchev–Trinajstić information content (AvgIpc) is 3.27. The van der Waals surface area contributed by atoms with E-state index in [9.17, 15) is 17.6 Å². The van der Waals surface area contributed by atoms with Gasteiger partial charge in [-0.25, -0.2) is 17.8 Å². The highest BCUT2D eigenvalue weighted by atomic mass is 32.2. The molecule has 0 atom stereocenters. The van der Waals surface area contributed by atoms with Crippen LogP contribution in [0.15, 0.2) is 59.9 Å². The van der Waals surface area contributed by atoms with Gasteiger partial charge in [-0.1, -0.05) is 61.2 Å². The quantitative estimate of drug-likeness (QED) is 0.414. The van der Waals surface area contributed by atoms with Crippen LogP contribution in [0.25, 0.3) is 0 Å². The third-order valence-corrected chi connectivity index (χ3v) is 8.19. The largest absolute Gasteiger partial charge is 0.333 e. The molecule has 1 amide bonds. The van der Waals surface area contributed by atoms with Gasteiger partial charge in [-0.15, -0.1) is 0 Å². The van der Waals surface area contributed by atoms with E-state index in [1.165, 1.54) is 17.0 Å². The number of aryl methyl sites for hydroxylation is 1. The molecule has 4 rings (SSSR count). The molecule has 0 radical (unpaired) electrons. The van der Waals surface area contributed by atoms with Gasteiger partial charge in [0.15, 0.2) is 0 Å². The molecule has 0 aliphatic heterocycles. The summed E-state index contributed by atoms with van der Waals surface area (Å²) in [5.74, 6) is -1.13. The molecule has 1 aliphatic rings. The minimum atomic E-state index is -3.72.